The summed E-state index contributed by atoms with van der Waals surface area (Å²) in [6.07, 6.45) is 4.62. The molecule has 1 aromatic carbocycles. The summed E-state index contributed by atoms with van der Waals surface area (Å²) in [6, 6.07) is 9.75. The molecule has 0 saturated carbocycles. The maximum absolute atomic E-state index is 5.88. The first-order valence-corrected chi connectivity index (χ1v) is 6.50. The molecule has 1 heterocycles. The molecule has 1 aromatic heterocycles. The van der Waals surface area contributed by atoms with Crippen molar-refractivity contribution in [2.75, 3.05) is 11.9 Å². The molecule has 0 radical (unpaired) electrons. The number of benzene rings is 1. The van der Waals surface area contributed by atoms with Gasteiger partial charge in [-0.05, 0) is 52.2 Å². The fraction of sp³-hybridized carbons (Fsp3) is 0.154. The first-order valence-electron chi connectivity index (χ1n) is 5.33. The van der Waals surface area contributed by atoms with E-state index in [0.717, 1.165) is 28.1 Å². The molecule has 0 bridgehead atoms. The highest BCUT2D eigenvalue weighted by Gasteiger charge is 2.00. The highest BCUT2D eigenvalue weighted by atomic mass is 79.9. The Hall–Kier alpha value is -1.06. The zero-order valence-electron chi connectivity index (χ0n) is 9.16. The summed E-state index contributed by atoms with van der Waals surface area (Å²) in [5.41, 5.74) is 2.28. The molecule has 4 heteroatoms. The lowest BCUT2D eigenvalue weighted by Crippen LogP contribution is -2.05. The zero-order chi connectivity index (χ0) is 12.1. The maximum Gasteiger partial charge on any atom is 0.0485 e. The number of nitrogens with zero attached hydrogens (tertiary/aromatic N) is 1. The third-order valence-electron chi connectivity index (χ3n) is 2.38. The number of pyridine rings is 1. The van der Waals surface area contributed by atoms with Gasteiger partial charge < -0.3 is 5.32 Å². The average molecular weight is 312 g/mol. The lowest BCUT2D eigenvalue weighted by atomic mass is 10.2. The minimum absolute atomic E-state index is 0.731. The van der Waals surface area contributed by atoms with Crippen molar-refractivity contribution < 1.29 is 0 Å². The Labute approximate surface area is 114 Å². The van der Waals surface area contributed by atoms with Crippen LogP contribution in [0.3, 0.4) is 0 Å². The van der Waals surface area contributed by atoms with Crippen molar-refractivity contribution in [2.45, 2.75) is 6.42 Å². The van der Waals surface area contributed by atoms with E-state index < -0.39 is 0 Å². The third-order valence-corrected chi connectivity index (χ3v) is 3.27. The first-order chi connectivity index (χ1) is 8.25. The predicted octanol–water partition coefficient (Wildman–Crippen LogP) is 4.15. The van der Waals surface area contributed by atoms with E-state index in [1.807, 2.05) is 30.5 Å². The normalized spacial score (nSPS) is 10.2. The topological polar surface area (TPSA) is 24.9 Å². The standard InChI is InChI=1S/C13H12BrClN2/c14-12-8-11(15)3-4-13(12)17-7-5-10-2-1-6-16-9-10/h1-4,6,8-9,17H,5,7H2. The number of anilines is 1. The highest BCUT2D eigenvalue weighted by Crippen LogP contribution is 2.25. The van der Waals surface area contributed by atoms with E-state index in [-0.39, 0.29) is 0 Å². The van der Waals surface area contributed by atoms with Crippen LogP contribution in [0.4, 0.5) is 5.69 Å². The summed E-state index contributed by atoms with van der Waals surface area (Å²) in [5.74, 6) is 0. The van der Waals surface area contributed by atoms with Gasteiger partial charge in [-0.3, -0.25) is 4.98 Å². The van der Waals surface area contributed by atoms with E-state index in [4.69, 9.17) is 11.6 Å². The van der Waals surface area contributed by atoms with Crippen LogP contribution in [-0.2, 0) is 6.42 Å². The number of halogens is 2. The summed E-state index contributed by atoms with van der Waals surface area (Å²) in [5, 5.41) is 4.09. The Morgan fingerprint density at radius 2 is 2.18 bits per heavy atom. The van der Waals surface area contributed by atoms with Gasteiger partial charge in [0.2, 0.25) is 0 Å². The van der Waals surface area contributed by atoms with Gasteiger partial charge in [0.25, 0.3) is 0 Å². The Morgan fingerprint density at radius 1 is 1.29 bits per heavy atom. The maximum atomic E-state index is 5.88. The SMILES string of the molecule is Clc1ccc(NCCc2cccnc2)c(Br)c1. The number of nitrogens with one attached hydrogen (secondary N) is 1. The Kier molecular flexibility index (Phi) is 4.40. The van der Waals surface area contributed by atoms with Crippen LogP contribution in [0.1, 0.15) is 5.56 Å². The van der Waals surface area contributed by atoms with Gasteiger partial charge in [-0.25, -0.2) is 0 Å². The predicted molar refractivity (Wildman–Crippen MR) is 75.6 cm³/mol. The number of hydrogen-bond acceptors (Lipinski definition) is 2. The van der Waals surface area contributed by atoms with Gasteiger partial charge in [0.05, 0.1) is 0 Å². The minimum Gasteiger partial charge on any atom is -0.384 e. The van der Waals surface area contributed by atoms with E-state index >= 15 is 0 Å². The van der Waals surface area contributed by atoms with E-state index in [9.17, 15) is 0 Å². The molecule has 0 unspecified atom stereocenters. The molecule has 0 aliphatic carbocycles. The van der Waals surface area contributed by atoms with Gasteiger partial charge in [-0.15, -0.1) is 0 Å². The molecule has 0 aliphatic heterocycles. The van der Waals surface area contributed by atoms with Crippen molar-refractivity contribution in [3.8, 4) is 0 Å². The molecule has 2 nitrogen and oxygen atoms in total. The first kappa shape index (κ1) is 12.4. The van der Waals surface area contributed by atoms with E-state index in [1.54, 1.807) is 6.20 Å². The van der Waals surface area contributed by atoms with Crippen molar-refractivity contribution in [3.05, 3.63) is 57.8 Å². The van der Waals surface area contributed by atoms with Crippen LogP contribution in [0.25, 0.3) is 0 Å². The summed E-state index contributed by atoms with van der Waals surface area (Å²) >= 11 is 9.36. The van der Waals surface area contributed by atoms with Crippen molar-refractivity contribution in [3.63, 3.8) is 0 Å². The van der Waals surface area contributed by atoms with Crippen molar-refractivity contribution in [1.82, 2.24) is 4.98 Å². The van der Waals surface area contributed by atoms with Gasteiger partial charge in [0.15, 0.2) is 0 Å². The largest absolute Gasteiger partial charge is 0.384 e. The third kappa shape index (κ3) is 3.72. The van der Waals surface area contributed by atoms with Gasteiger partial charge in [0.1, 0.15) is 0 Å². The van der Waals surface area contributed by atoms with Crippen LogP contribution >= 0.6 is 27.5 Å². The fourth-order valence-electron chi connectivity index (χ4n) is 1.52. The van der Waals surface area contributed by atoms with Crippen LogP contribution in [0.2, 0.25) is 5.02 Å². The highest BCUT2D eigenvalue weighted by molar-refractivity contribution is 9.10. The molecule has 1 N–H and O–H groups in total. The monoisotopic (exact) mass is 310 g/mol. The Morgan fingerprint density at radius 3 is 2.88 bits per heavy atom. The second-order valence-corrected chi connectivity index (χ2v) is 4.95. The van der Waals surface area contributed by atoms with Crippen LogP contribution in [0.5, 0.6) is 0 Å². The van der Waals surface area contributed by atoms with Crippen LogP contribution < -0.4 is 5.32 Å². The molecule has 0 aliphatic rings. The number of aromatic nitrogens is 1. The second kappa shape index (κ2) is 6.03. The van der Waals surface area contributed by atoms with Crippen molar-refractivity contribution in [1.29, 1.82) is 0 Å². The molecule has 0 fully saturated rings. The number of rotatable bonds is 4. The van der Waals surface area contributed by atoms with Crippen LogP contribution in [-0.4, -0.2) is 11.5 Å². The van der Waals surface area contributed by atoms with Crippen LogP contribution in [0, 0.1) is 0 Å². The van der Waals surface area contributed by atoms with Gasteiger partial charge >= 0.3 is 0 Å². The second-order valence-electron chi connectivity index (χ2n) is 3.66. The summed E-state index contributed by atoms with van der Waals surface area (Å²) in [4.78, 5) is 4.08. The lowest BCUT2D eigenvalue weighted by Gasteiger charge is -2.08. The molecule has 0 amide bonds. The minimum atomic E-state index is 0.731. The smallest absolute Gasteiger partial charge is 0.0485 e. The Balaban J connectivity index is 1.90. The van der Waals surface area contributed by atoms with Crippen molar-refractivity contribution >= 4 is 33.2 Å². The molecule has 0 spiro atoms. The van der Waals surface area contributed by atoms with Crippen LogP contribution in [0.15, 0.2) is 47.2 Å². The lowest BCUT2D eigenvalue weighted by molar-refractivity contribution is 1.00. The molecule has 88 valence electrons. The number of hydrogen-bond donors (Lipinski definition) is 1. The van der Waals surface area contributed by atoms with E-state index in [0.29, 0.717) is 0 Å². The molecule has 2 rings (SSSR count). The van der Waals surface area contributed by atoms with E-state index in [1.165, 1.54) is 5.56 Å². The summed E-state index contributed by atoms with van der Waals surface area (Å²) in [6.45, 7) is 0.867. The summed E-state index contributed by atoms with van der Waals surface area (Å²) < 4.78 is 0.983. The molecular formula is C13H12BrClN2. The molecule has 0 atom stereocenters. The summed E-state index contributed by atoms with van der Waals surface area (Å²) in [7, 11) is 0. The average Bonchev–Trinajstić information content (AvgIpc) is 2.33. The molecule has 0 saturated heterocycles. The van der Waals surface area contributed by atoms with Gasteiger partial charge in [-0.1, -0.05) is 17.7 Å². The molecule has 2 aromatic rings. The van der Waals surface area contributed by atoms with Gasteiger partial charge in [-0.2, -0.15) is 0 Å². The molecule has 17 heavy (non-hydrogen) atoms. The zero-order valence-corrected chi connectivity index (χ0v) is 11.5. The fourth-order valence-corrected chi connectivity index (χ4v) is 2.34. The van der Waals surface area contributed by atoms with Crippen molar-refractivity contribution in [2.24, 2.45) is 0 Å². The van der Waals surface area contributed by atoms with E-state index in [2.05, 4.69) is 32.3 Å². The molecular weight excluding hydrogens is 300 g/mol. The quantitative estimate of drug-likeness (QED) is 0.917. The Bertz CT molecular complexity index is 488. The van der Waals surface area contributed by atoms with Gasteiger partial charge in [0, 0.05) is 34.1 Å².